The summed E-state index contributed by atoms with van der Waals surface area (Å²) in [5.41, 5.74) is 3.50. The molecule has 0 spiro atoms. The second kappa shape index (κ2) is 5.64. The maximum atomic E-state index is 4.50. The smallest absolute Gasteiger partial charge is 0.0642 e. The molecule has 17 heavy (non-hydrogen) atoms. The fourth-order valence-electron chi connectivity index (χ4n) is 1.84. The molecule has 1 N–H and O–H groups in total. The van der Waals surface area contributed by atoms with Gasteiger partial charge in [-0.3, -0.25) is 4.98 Å². The van der Waals surface area contributed by atoms with Crippen LogP contribution in [0, 0.1) is 6.92 Å². The number of nitrogens with one attached hydrogen (secondary N) is 1. The molecule has 0 aliphatic carbocycles. The summed E-state index contributed by atoms with van der Waals surface area (Å²) in [6.07, 6.45) is 4.28. The molecule has 0 radical (unpaired) electrons. The van der Waals surface area contributed by atoms with Gasteiger partial charge >= 0.3 is 0 Å². The molecule has 0 bridgehead atoms. The van der Waals surface area contributed by atoms with Gasteiger partial charge in [-0.1, -0.05) is 13.0 Å². The van der Waals surface area contributed by atoms with Crippen LogP contribution in [0.25, 0.3) is 0 Å². The normalized spacial score (nSPS) is 10.7. The van der Waals surface area contributed by atoms with Gasteiger partial charge in [-0.25, -0.2) is 0 Å². The monoisotopic (exact) mass is 229 g/mol. The molecule has 2 aromatic rings. The molecular formula is C14H19N3. The van der Waals surface area contributed by atoms with Crippen LogP contribution in [0.5, 0.6) is 0 Å². The summed E-state index contributed by atoms with van der Waals surface area (Å²) in [5, 5.41) is 3.32. The standard InChI is InChI=1S/C14H19N3/c1-3-15-9-13-7-8-17(10-13)11-14-6-4-5-12(2)16-14/h4-8,10,15H,3,9,11H2,1-2H3. The van der Waals surface area contributed by atoms with Crippen molar-refractivity contribution in [3.8, 4) is 0 Å². The van der Waals surface area contributed by atoms with Gasteiger partial charge in [0.05, 0.1) is 12.2 Å². The molecule has 0 saturated heterocycles. The minimum atomic E-state index is 0.841. The van der Waals surface area contributed by atoms with Gasteiger partial charge in [0.1, 0.15) is 0 Å². The quantitative estimate of drug-likeness (QED) is 0.853. The van der Waals surface area contributed by atoms with E-state index in [4.69, 9.17) is 0 Å². The first-order valence-electron chi connectivity index (χ1n) is 6.06. The van der Waals surface area contributed by atoms with E-state index in [0.717, 1.165) is 31.0 Å². The molecule has 2 rings (SSSR count). The Morgan fingerprint density at radius 2 is 2.18 bits per heavy atom. The minimum absolute atomic E-state index is 0.841. The van der Waals surface area contributed by atoms with Gasteiger partial charge in [-0.05, 0) is 37.2 Å². The average molecular weight is 229 g/mol. The van der Waals surface area contributed by atoms with Gasteiger partial charge in [-0.15, -0.1) is 0 Å². The third-order valence-electron chi connectivity index (χ3n) is 2.68. The zero-order valence-corrected chi connectivity index (χ0v) is 10.5. The van der Waals surface area contributed by atoms with Gasteiger partial charge in [0.15, 0.2) is 0 Å². The Kier molecular flexibility index (Phi) is 3.94. The third kappa shape index (κ3) is 3.43. The summed E-state index contributed by atoms with van der Waals surface area (Å²) < 4.78 is 2.18. The van der Waals surface area contributed by atoms with Gasteiger partial charge in [0.25, 0.3) is 0 Å². The van der Waals surface area contributed by atoms with Crippen molar-refractivity contribution >= 4 is 0 Å². The van der Waals surface area contributed by atoms with E-state index < -0.39 is 0 Å². The van der Waals surface area contributed by atoms with E-state index >= 15 is 0 Å². The first kappa shape index (κ1) is 11.9. The Hall–Kier alpha value is -1.61. The second-order valence-electron chi connectivity index (χ2n) is 4.24. The molecule has 3 nitrogen and oxygen atoms in total. The van der Waals surface area contributed by atoms with E-state index in [1.807, 2.05) is 13.0 Å². The number of pyridine rings is 1. The zero-order chi connectivity index (χ0) is 12.1. The van der Waals surface area contributed by atoms with Crippen molar-refractivity contribution in [1.29, 1.82) is 0 Å². The second-order valence-corrected chi connectivity index (χ2v) is 4.24. The van der Waals surface area contributed by atoms with E-state index in [2.05, 4.69) is 52.4 Å². The first-order chi connectivity index (χ1) is 8.28. The van der Waals surface area contributed by atoms with Crippen LogP contribution in [0.2, 0.25) is 0 Å². The Morgan fingerprint density at radius 1 is 1.29 bits per heavy atom. The van der Waals surface area contributed by atoms with Crippen LogP contribution in [-0.2, 0) is 13.1 Å². The predicted octanol–water partition coefficient (Wildman–Crippen LogP) is 2.35. The molecule has 0 fully saturated rings. The zero-order valence-electron chi connectivity index (χ0n) is 10.5. The lowest BCUT2D eigenvalue weighted by Crippen LogP contribution is -2.11. The number of aromatic nitrogens is 2. The van der Waals surface area contributed by atoms with E-state index in [1.54, 1.807) is 0 Å². The Labute approximate surface area is 103 Å². The summed E-state index contributed by atoms with van der Waals surface area (Å²) in [6, 6.07) is 8.30. The van der Waals surface area contributed by atoms with Crippen molar-refractivity contribution in [3.63, 3.8) is 0 Å². The number of hydrogen-bond acceptors (Lipinski definition) is 2. The van der Waals surface area contributed by atoms with Crippen molar-refractivity contribution < 1.29 is 0 Å². The van der Waals surface area contributed by atoms with Gasteiger partial charge in [0, 0.05) is 24.6 Å². The summed E-state index contributed by atoms with van der Waals surface area (Å²) in [5.74, 6) is 0. The summed E-state index contributed by atoms with van der Waals surface area (Å²) in [4.78, 5) is 4.50. The fourth-order valence-corrected chi connectivity index (χ4v) is 1.84. The molecule has 2 aromatic heterocycles. The fraction of sp³-hybridized carbons (Fsp3) is 0.357. The lowest BCUT2D eigenvalue weighted by Gasteiger charge is -2.03. The van der Waals surface area contributed by atoms with Crippen molar-refractivity contribution in [2.45, 2.75) is 26.9 Å². The van der Waals surface area contributed by atoms with Crippen LogP contribution in [-0.4, -0.2) is 16.1 Å². The highest BCUT2D eigenvalue weighted by molar-refractivity contribution is 5.14. The topological polar surface area (TPSA) is 29.9 Å². The van der Waals surface area contributed by atoms with Crippen molar-refractivity contribution in [3.05, 3.63) is 53.6 Å². The first-order valence-corrected chi connectivity index (χ1v) is 6.06. The van der Waals surface area contributed by atoms with Gasteiger partial charge in [0.2, 0.25) is 0 Å². The number of nitrogens with zero attached hydrogens (tertiary/aromatic N) is 2. The van der Waals surface area contributed by atoms with E-state index in [-0.39, 0.29) is 0 Å². The third-order valence-corrected chi connectivity index (χ3v) is 2.68. The molecule has 0 saturated carbocycles. The van der Waals surface area contributed by atoms with Crippen LogP contribution in [0.1, 0.15) is 23.9 Å². The predicted molar refractivity (Wildman–Crippen MR) is 69.9 cm³/mol. The highest BCUT2D eigenvalue weighted by Crippen LogP contribution is 2.05. The molecule has 3 heteroatoms. The van der Waals surface area contributed by atoms with Crippen LogP contribution >= 0.6 is 0 Å². The van der Waals surface area contributed by atoms with E-state index in [0.29, 0.717) is 0 Å². The maximum Gasteiger partial charge on any atom is 0.0642 e. The van der Waals surface area contributed by atoms with Crippen molar-refractivity contribution in [1.82, 2.24) is 14.9 Å². The van der Waals surface area contributed by atoms with Gasteiger partial charge in [-0.2, -0.15) is 0 Å². The molecule has 0 amide bonds. The molecule has 0 atom stereocenters. The van der Waals surface area contributed by atoms with Crippen LogP contribution in [0.15, 0.2) is 36.7 Å². The van der Waals surface area contributed by atoms with Crippen molar-refractivity contribution in [2.75, 3.05) is 6.54 Å². The van der Waals surface area contributed by atoms with E-state index in [1.165, 1.54) is 5.56 Å². The lowest BCUT2D eigenvalue weighted by atomic mass is 10.3. The molecule has 90 valence electrons. The number of rotatable bonds is 5. The molecular weight excluding hydrogens is 210 g/mol. The maximum absolute atomic E-state index is 4.50. The van der Waals surface area contributed by atoms with Gasteiger partial charge < -0.3 is 9.88 Å². The molecule has 0 aliphatic rings. The Morgan fingerprint density at radius 3 is 2.94 bits per heavy atom. The SMILES string of the molecule is CCNCc1ccn(Cc2cccc(C)n2)c1. The summed E-state index contributed by atoms with van der Waals surface area (Å²) >= 11 is 0. The van der Waals surface area contributed by atoms with Crippen LogP contribution in [0.3, 0.4) is 0 Å². The number of aryl methyl sites for hydroxylation is 1. The minimum Gasteiger partial charge on any atom is -0.348 e. The van der Waals surface area contributed by atoms with Crippen molar-refractivity contribution in [2.24, 2.45) is 0 Å². The summed E-state index contributed by atoms with van der Waals surface area (Å²) in [6.45, 7) is 6.92. The number of hydrogen-bond donors (Lipinski definition) is 1. The molecule has 0 aliphatic heterocycles. The highest BCUT2D eigenvalue weighted by Gasteiger charge is 1.99. The Balaban J connectivity index is 2.01. The average Bonchev–Trinajstić information content (AvgIpc) is 2.74. The molecule has 2 heterocycles. The van der Waals surface area contributed by atoms with Crippen LogP contribution in [0.4, 0.5) is 0 Å². The largest absolute Gasteiger partial charge is 0.348 e. The highest BCUT2D eigenvalue weighted by atomic mass is 15.0. The summed E-state index contributed by atoms with van der Waals surface area (Å²) in [7, 11) is 0. The van der Waals surface area contributed by atoms with E-state index in [9.17, 15) is 0 Å². The molecule has 0 aromatic carbocycles. The Bertz CT molecular complexity index is 474. The lowest BCUT2D eigenvalue weighted by molar-refractivity contribution is 0.719. The molecule has 0 unspecified atom stereocenters. The van der Waals surface area contributed by atoms with Crippen LogP contribution < -0.4 is 5.32 Å².